The number of rotatable bonds is 6. The first-order valence-electron chi connectivity index (χ1n) is 9.42. The number of benzene rings is 1. The second-order valence-corrected chi connectivity index (χ2v) is 8.02. The predicted octanol–water partition coefficient (Wildman–Crippen LogP) is 2.18. The van der Waals surface area contributed by atoms with Gasteiger partial charge in [0.2, 0.25) is 17.8 Å². The summed E-state index contributed by atoms with van der Waals surface area (Å²) < 4.78 is 5.15. The van der Waals surface area contributed by atoms with E-state index in [1.807, 2.05) is 45.0 Å². The zero-order valence-corrected chi connectivity index (χ0v) is 16.8. The van der Waals surface area contributed by atoms with Crippen LogP contribution in [0.2, 0.25) is 0 Å². The normalized spacial score (nSPS) is 17.1. The van der Waals surface area contributed by atoms with Crippen LogP contribution in [0.25, 0.3) is 0 Å². The van der Waals surface area contributed by atoms with Gasteiger partial charge in [-0.3, -0.25) is 20.0 Å². The number of carbonyl (C=O) groups is 2. The van der Waals surface area contributed by atoms with E-state index in [0.29, 0.717) is 18.8 Å². The van der Waals surface area contributed by atoms with E-state index in [0.717, 1.165) is 17.7 Å². The summed E-state index contributed by atoms with van der Waals surface area (Å²) in [6.07, 6.45) is 1.69. The van der Waals surface area contributed by atoms with Gasteiger partial charge in [-0.1, -0.05) is 12.1 Å². The number of anilines is 1. The van der Waals surface area contributed by atoms with E-state index >= 15 is 0 Å². The Morgan fingerprint density at radius 3 is 2.61 bits per heavy atom. The van der Waals surface area contributed by atoms with Gasteiger partial charge in [-0.15, -0.1) is 5.10 Å². The number of nitrogens with one attached hydrogen (secondary N) is 2. The highest BCUT2D eigenvalue weighted by molar-refractivity contribution is 5.96. The molecule has 0 radical (unpaired) electrons. The van der Waals surface area contributed by atoms with Gasteiger partial charge in [0.05, 0.1) is 13.0 Å². The van der Waals surface area contributed by atoms with E-state index in [9.17, 15) is 9.59 Å². The lowest BCUT2D eigenvalue weighted by molar-refractivity contribution is -0.131. The van der Waals surface area contributed by atoms with Gasteiger partial charge in [0.15, 0.2) is 0 Å². The quantitative estimate of drug-likeness (QED) is 0.794. The molecule has 1 aliphatic heterocycles. The highest BCUT2D eigenvalue weighted by atomic mass is 16.5. The topological polar surface area (TPSA) is 100 Å². The Bertz CT molecular complexity index is 838. The summed E-state index contributed by atoms with van der Waals surface area (Å²) in [4.78, 5) is 30.7. The molecule has 0 bridgehead atoms. The van der Waals surface area contributed by atoms with E-state index in [-0.39, 0.29) is 35.6 Å². The molecule has 1 atom stereocenters. The SMILES string of the molecule is COc1ccc(CCc2nc(NC(=O)[C@H]3CC(=O)N(C(C)(C)C)C3)n[nH]2)cc1. The van der Waals surface area contributed by atoms with E-state index in [2.05, 4.69) is 20.5 Å². The van der Waals surface area contributed by atoms with Crippen molar-refractivity contribution in [2.24, 2.45) is 5.92 Å². The molecule has 1 saturated heterocycles. The lowest BCUT2D eigenvalue weighted by Crippen LogP contribution is -2.42. The Hall–Kier alpha value is -2.90. The summed E-state index contributed by atoms with van der Waals surface area (Å²) in [6, 6.07) is 7.86. The number of aromatic nitrogens is 3. The van der Waals surface area contributed by atoms with Crippen LogP contribution in [0.5, 0.6) is 5.75 Å². The van der Waals surface area contributed by atoms with E-state index in [4.69, 9.17) is 4.74 Å². The smallest absolute Gasteiger partial charge is 0.248 e. The second kappa shape index (κ2) is 8.00. The Morgan fingerprint density at radius 1 is 1.29 bits per heavy atom. The molecule has 1 aromatic carbocycles. The molecule has 1 aromatic heterocycles. The van der Waals surface area contributed by atoms with Gasteiger partial charge in [-0.2, -0.15) is 4.98 Å². The number of nitrogens with zero attached hydrogens (tertiary/aromatic N) is 3. The molecular weight excluding hydrogens is 358 g/mol. The number of aryl methyl sites for hydroxylation is 2. The van der Waals surface area contributed by atoms with Crippen molar-refractivity contribution in [1.29, 1.82) is 0 Å². The van der Waals surface area contributed by atoms with E-state index < -0.39 is 0 Å². The Balaban J connectivity index is 1.52. The van der Waals surface area contributed by atoms with Gasteiger partial charge in [0, 0.05) is 24.9 Å². The van der Waals surface area contributed by atoms with Crippen LogP contribution in [0.3, 0.4) is 0 Å². The first-order chi connectivity index (χ1) is 13.3. The van der Waals surface area contributed by atoms with Crippen molar-refractivity contribution in [3.8, 4) is 5.75 Å². The number of carbonyl (C=O) groups excluding carboxylic acids is 2. The molecule has 2 amide bonds. The fourth-order valence-corrected chi connectivity index (χ4v) is 3.26. The average molecular weight is 385 g/mol. The van der Waals surface area contributed by atoms with Crippen LogP contribution in [0.1, 0.15) is 38.6 Å². The van der Waals surface area contributed by atoms with Crippen LogP contribution in [0.15, 0.2) is 24.3 Å². The van der Waals surface area contributed by atoms with Crippen molar-refractivity contribution in [1.82, 2.24) is 20.1 Å². The summed E-state index contributed by atoms with van der Waals surface area (Å²) in [7, 11) is 1.64. The molecular formula is C20H27N5O3. The molecule has 8 heteroatoms. The van der Waals surface area contributed by atoms with Gasteiger partial charge in [0.1, 0.15) is 11.6 Å². The molecule has 2 N–H and O–H groups in total. The molecule has 1 fully saturated rings. The average Bonchev–Trinajstić information content (AvgIpc) is 3.26. The van der Waals surface area contributed by atoms with Crippen LogP contribution in [0, 0.1) is 5.92 Å². The van der Waals surface area contributed by atoms with Crippen LogP contribution >= 0.6 is 0 Å². The summed E-state index contributed by atoms with van der Waals surface area (Å²) in [5.74, 6) is 1.17. The maximum Gasteiger partial charge on any atom is 0.248 e. The Morgan fingerprint density at radius 2 is 2.00 bits per heavy atom. The number of likely N-dealkylation sites (tertiary alicyclic amines) is 1. The number of amides is 2. The largest absolute Gasteiger partial charge is 0.497 e. The van der Waals surface area contributed by atoms with Crippen LogP contribution in [0.4, 0.5) is 5.95 Å². The highest BCUT2D eigenvalue weighted by Gasteiger charge is 2.39. The van der Waals surface area contributed by atoms with Crippen molar-refractivity contribution in [2.75, 3.05) is 19.0 Å². The first-order valence-corrected chi connectivity index (χ1v) is 9.42. The number of hydrogen-bond acceptors (Lipinski definition) is 5. The monoisotopic (exact) mass is 385 g/mol. The van der Waals surface area contributed by atoms with E-state index in [1.54, 1.807) is 12.0 Å². The van der Waals surface area contributed by atoms with Crippen molar-refractivity contribution in [2.45, 2.75) is 45.6 Å². The van der Waals surface area contributed by atoms with Crippen molar-refractivity contribution in [3.63, 3.8) is 0 Å². The third-order valence-electron chi connectivity index (χ3n) is 4.88. The summed E-state index contributed by atoms with van der Waals surface area (Å²) in [5, 5.41) is 9.65. The van der Waals surface area contributed by atoms with Gasteiger partial charge >= 0.3 is 0 Å². The lowest BCUT2D eigenvalue weighted by Gasteiger charge is -2.31. The standard InChI is InChI=1S/C20H27N5O3/c1-20(2,3)25-12-14(11-17(25)26)18(27)22-19-21-16(23-24-19)10-7-13-5-8-15(28-4)9-6-13/h5-6,8-9,14H,7,10-12H2,1-4H3,(H2,21,22,23,24,27)/t14-/m0/s1. The molecule has 150 valence electrons. The fraction of sp³-hybridized carbons (Fsp3) is 0.500. The zero-order chi connectivity index (χ0) is 20.3. The zero-order valence-electron chi connectivity index (χ0n) is 16.8. The minimum absolute atomic E-state index is 0.00261. The molecule has 0 spiro atoms. The van der Waals surface area contributed by atoms with Gasteiger partial charge < -0.3 is 9.64 Å². The molecule has 2 aromatic rings. The van der Waals surface area contributed by atoms with Crippen LogP contribution in [-0.2, 0) is 22.4 Å². The minimum atomic E-state index is -0.382. The molecule has 8 nitrogen and oxygen atoms in total. The molecule has 28 heavy (non-hydrogen) atoms. The van der Waals surface area contributed by atoms with Crippen LogP contribution in [-0.4, -0.2) is 51.1 Å². The summed E-state index contributed by atoms with van der Waals surface area (Å²) >= 11 is 0. The number of aromatic amines is 1. The van der Waals surface area contributed by atoms with Gasteiger partial charge in [0.25, 0.3) is 0 Å². The second-order valence-electron chi connectivity index (χ2n) is 8.02. The highest BCUT2D eigenvalue weighted by Crippen LogP contribution is 2.26. The minimum Gasteiger partial charge on any atom is -0.497 e. The van der Waals surface area contributed by atoms with Crippen molar-refractivity contribution < 1.29 is 14.3 Å². The number of ether oxygens (including phenoxy) is 1. The molecule has 0 aliphatic carbocycles. The van der Waals surface area contributed by atoms with E-state index in [1.165, 1.54) is 0 Å². The van der Waals surface area contributed by atoms with Crippen molar-refractivity contribution in [3.05, 3.63) is 35.7 Å². The van der Waals surface area contributed by atoms with Crippen molar-refractivity contribution >= 4 is 17.8 Å². The molecule has 0 unspecified atom stereocenters. The Labute approximate surface area is 164 Å². The maximum atomic E-state index is 12.5. The first kappa shape index (κ1) is 19.9. The fourth-order valence-electron chi connectivity index (χ4n) is 3.26. The number of H-pyrrole nitrogens is 1. The predicted molar refractivity (Wildman–Crippen MR) is 105 cm³/mol. The third kappa shape index (κ3) is 4.68. The Kier molecular flexibility index (Phi) is 5.67. The maximum absolute atomic E-state index is 12.5. The molecule has 3 rings (SSSR count). The van der Waals surface area contributed by atoms with Gasteiger partial charge in [-0.25, -0.2) is 0 Å². The molecule has 0 saturated carbocycles. The number of methoxy groups -OCH3 is 1. The third-order valence-corrected chi connectivity index (χ3v) is 4.88. The summed E-state index contributed by atoms with van der Waals surface area (Å²) in [6.45, 7) is 6.32. The van der Waals surface area contributed by atoms with Gasteiger partial charge in [-0.05, 0) is 44.9 Å². The summed E-state index contributed by atoms with van der Waals surface area (Å²) in [5.41, 5.74) is 0.875. The molecule has 2 heterocycles. The molecule has 1 aliphatic rings. The number of hydrogen-bond donors (Lipinski definition) is 2. The lowest BCUT2D eigenvalue weighted by atomic mass is 10.1. The van der Waals surface area contributed by atoms with Crippen LogP contribution < -0.4 is 10.1 Å².